The molecule has 106 valence electrons. The van der Waals surface area contributed by atoms with Gasteiger partial charge in [0.2, 0.25) is 0 Å². The summed E-state index contributed by atoms with van der Waals surface area (Å²) in [6.07, 6.45) is 6.41. The van der Waals surface area contributed by atoms with E-state index in [-0.39, 0.29) is 0 Å². The summed E-state index contributed by atoms with van der Waals surface area (Å²) in [5.74, 6) is 1.90. The fourth-order valence-electron chi connectivity index (χ4n) is 3.13. The van der Waals surface area contributed by atoms with E-state index in [4.69, 9.17) is 0 Å². The minimum Gasteiger partial charge on any atom is -0.373 e. The zero-order valence-electron chi connectivity index (χ0n) is 11.0. The van der Waals surface area contributed by atoms with Crippen molar-refractivity contribution in [3.63, 3.8) is 0 Å². The van der Waals surface area contributed by atoms with Gasteiger partial charge >= 0.3 is 0 Å². The topological polar surface area (TPSA) is 72.2 Å². The third-order valence-corrected chi connectivity index (χ3v) is 6.00. The van der Waals surface area contributed by atoms with Gasteiger partial charge in [-0.1, -0.05) is 0 Å². The Kier molecular flexibility index (Phi) is 3.39. The quantitative estimate of drug-likeness (QED) is 0.882. The van der Waals surface area contributed by atoms with E-state index in [0.29, 0.717) is 17.4 Å². The number of nitrogens with zero attached hydrogens (tertiary/aromatic N) is 2. The largest absolute Gasteiger partial charge is 0.373 e. The molecular formula is C13H20N2O3S. The summed E-state index contributed by atoms with van der Waals surface area (Å²) < 4.78 is 24.8. The average molecular weight is 284 g/mol. The van der Waals surface area contributed by atoms with Crippen molar-refractivity contribution in [3.05, 3.63) is 17.7 Å². The maximum Gasteiger partial charge on any atom is 0.150 e. The first-order valence-corrected chi connectivity index (χ1v) is 8.81. The van der Waals surface area contributed by atoms with Crippen LogP contribution in [0.4, 0.5) is 0 Å². The molecule has 1 aromatic rings. The molecule has 5 nitrogen and oxygen atoms in total. The summed E-state index contributed by atoms with van der Waals surface area (Å²) in [7, 11) is -2.80. The second-order valence-corrected chi connectivity index (χ2v) is 8.01. The minimum atomic E-state index is -2.80. The zero-order valence-corrected chi connectivity index (χ0v) is 11.8. The Hall–Kier alpha value is -0.880. The minimum absolute atomic E-state index is 0.299. The van der Waals surface area contributed by atoms with Crippen LogP contribution in [0.15, 0.2) is 6.20 Å². The first-order chi connectivity index (χ1) is 9.05. The summed E-state index contributed by atoms with van der Waals surface area (Å²) in [5.41, 5.74) is 1.11. The maximum absolute atomic E-state index is 11.4. The molecular weight excluding hydrogens is 264 g/mol. The molecule has 0 amide bonds. The third-order valence-electron chi connectivity index (χ3n) is 4.29. The molecule has 0 spiro atoms. The Labute approximate surface area is 113 Å². The van der Waals surface area contributed by atoms with E-state index in [2.05, 4.69) is 4.98 Å². The maximum atomic E-state index is 11.4. The van der Waals surface area contributed by atoms with Gasteiger partial charge in [0.05, 0.1) is 11.5 Å². The molecule has 0 saturated carbocycles. The molecule has 1 unspecified atom stereocenters. The number of hydrogen-bond donors (Lipinski definition) is 1. The molecule has 1 aromatic heterocycles. The summed E-state index contributed by atoms with van der Waals surface area (Å²) >= 11 is 0. The van der Waals surface area contributed by atoms with Gasteiger partial charge in [0, 0.05) is 18.3 Å². The van der Waals surface area contributed by atoms with Crippen LogP contribution in [0.25, 0.3) is 0 Å². The van der Waals surface area contributed by atoms with Gasteiger partial charge in [0.25, 0.3) is 0 Å². The molecule has 0 aromatic carbocycles. The van der Waals surface area contributed by atoms with Crippen molar-refractivity contribution >= 4 is 9.84 Å². The summed E-state index contributed by atoms with van der Waals surface area (Å²) in [4.78, 5) is 4.43. The van der Waals surface area contributed by atoms with Gasteiger partial charge < -0.3 is 9.67 Å². The number of aromatic nitrogens is 2. The predicted octanol–water partition coefficient (Wildman–Crippen LogP) is 1.08. The second-order valence-electron chi connectivity index (χ2n) is 5.71. The summed E-state index contributed by atoms with van der Waals surface area (Å²) in [6.45, 7) is 0. The van der Waals surface area contributed by atoms with E-state index in [1.165, 1.54) is 0 Å². The van der Waals surface area contributed by atoms with E-state index in [0.717, 1.165) is 50.0 Å². The van der Waals surface area contributed by atoms with Gasteiger partial charge in [-0.2, -0.15) is 0 Å². The van der Waals surface area contributed by atoms with E-state index < -0.39 is 16.1 Å². The van der Waals surface area contributed by atoms with Crippen LogP contribution in [0.1, 0.15) is 43.4 Å². The molecule has 1 atom stereocenters. The van der Waals surface area contributed by atoms with Crippen molar-refractivity contribution in [3.8, 4) is 0 Å². The average Bonchev–Trinajstić information content (AvgIpc) is 2.77. The lowest BCUT2D eigenvalue weighted by atomic mass is 9.98. The lowest BCUT2D eigenvalue weighted by molar-refractivity contribution is 0.0750. The highest BCUT2D eigenvalue weighted by Crippen LogP contribution is 2.28. The Morgan fingerprint density at radius 2 is 2.05 bits per heavy atom. The number of fused-ring (bicyclic) bond motifs is 1. The van der Waals surface area contributed by atoms with Crippen LogP contribution in [0.5, 0.6) is 0 Å². The zero-order chi connectivity index (χ0) is 13.5. The molecule has 1 fully saturated rings. The van der Waals surface area contributed by atoms with Crippen LogP contribution in [0.3, 0.4) is 0 Å². The summed E-state index contributed by atoms with van der Waals surface area (Å²) in [5, 5.41) is 10.1. The van der Waals surface area contributed by atoms with Crippen LogP contribution < -0.4 is 0 Å². The number of rotatable bonds is 2. The van der Waals surface area contributed by atoms with Gasteiger partial charge in [-0.15, -0.1) is 0 Å². The lowest BCUT2D eigenvalue weighted by Gasteiger charge is -2.26. The monoisotopic (exact) mass is 284 g/mol. The first-order valence-electron chi connectivity index (χ1n) is 6.98. The first kappa shape index (κ1) is 13.1. The van der Waals surface area contributed by atoms with Gasteiger partial charge in [-0.25, -0.2) is 13.4 Å². The van der Waals surface area contributed by atoms with E-state index in [1.54, 1.807) is 0 Å². The predicted molar refractivity (Wildman–Crippen MR) is 71.5 cm³/mol. The molecule has 19 heavy (non-hydrogen) atoms. The van der Waals surface area contributed by atoms with Crippen molar-refractivity contribution in [2.24, 2.45) is 5.92 Å². The van der Waals surface area contributed by atoms with E-state index in [9.17, 15) is 13.5 Å². The third kappa shape index (κ3) is 2.69. The van der Waals surface area contributed by atoms with Gasteiger partial charge in [0.1, 0.15) is 21.9 Å². The standard InChI is InChI=1S/C13H20N2O3S/c16-13-3-1-2-11-9-14-12(15(11)13)8-10-4-6-19(17,18)7-5-10/h9-10,13,16H,1-8H2. The summed E-state index contributed by atoms with van der Waals surface area (Å²) in [6, 6.07) is 0. The van der Waals surface area contributed by atoms with Gasteiger partial charge in [-0.05, 0) is 38.0 Å². The number of imidazole rings is 1. The molecule has 2 aliphatic rings. The highest BCUT2D eigenvalue weighted by Gasteiger charge is 2.27. The molecule has 3 heterocycles. The normalized spacial score (nSPS) is 27.1. The van der Waals surface area contributed by atoms with Crippen molar-refractivity contribution in [2.75, 3.05) is 11.5 Å². The highest BCUT2D eigenvalue weighted by atomic mass is 32.2. The molecule has 3 rings (SSSR count). The van der Waals surface area contributed by atoms with E-state index >= 15 is 0 Å². The van der Waals surface area contributed by atoms with Crippen LogP contribution in [0.2, 0.25) is 0 Å². The van der Waals surface area contributed by atoms with Crippen LogP contribution >= 0.6 is 0 Å². The number of hydrogen-bond acceptors (Lipinski definition) is 4. The molecule has 1 N–H and O–H groups in total. The Morgan fingerprint density at radius 3 is 2.79 bits per heavy atom. The van der Waals surface area contributed by atoms with Gasteiger partial charge in [-0.3, -0.25) is 0 Å². The van der Waals surface area contributed by atoms with Crippen molar-refractivity contribution in [1.29, 1.82) is 0 Å². The molecule has 1 saturated heterocycles. The second kappa shape index (κ2) is 4.90. The Balaban J connectivity index is 1.73. The van der Waals surface area contributed by atoms with Crippen LogP contribution in [0, 0.1) is 5.92 Å². The number of aryl methyl sites for hydroxylation is 1. The number of aliphatic hydroxyl groups excluding tert-OH is 1. The van der Waals surface area contributed by atoms with Crippen molar-refractivity contribution < 1.29 is 13.5 Å². The fraction of sp³-hybridized carbons (Fsp3) is 0.769. The van der Waals surface area contributed by atoms with Crippen molar-refractivity contribution in [1.82, 2.24) is 9.55 Å². The fourth-order valence-corrected chi connectivity index (χ4v) is 4.72. The van der Waals surface area contributed by atoms with Gasteiger partial charge in [0.15, 0.2) is 0 Å². The molecule has 0 radical (unpaired) electrons. The van der Waals surface area contributed by atoms with Crippen LogP contribution in [-0.2, 0) is 22.7 Å². The van der Waals surface area contributed by atoms with Crippen LogP contribution in [-0.4, -0.2) is 34.6 Å². The molecule has 0 bridgehead atoms. The van der Waals surface area contributed by atoms with Crippen molar-refractivity contribution in [2.45, 2.75) is 44.8 Å². The smallest absolute Gasteiger partial charge is 0.150 e. The van der Waals surface area contributed by atoms with E-state index in [1.807, 2.05) is 10.8 Å². The SMILES string of the molecule is O=S1(=O)CCC(Cc2ncc3n2C(O)CCC3)CC1. The number of sulfone groups is 1. The Bertz CT molecular complexity index is 550. The molecule has 6 heteroatoms. The Morgan fingerprint density at radius 1 is 1.32 bits per heavy atom. The molecule has 0 aliphatic carbocycles. The number of aliphatic hydroxyl groups is 1. The lowest BCUT2D eigenvalue weighted by Crippen LogP contribution is -2.26. The molecule has 2 aliphatic heterocycles. The highest BCUT2D eigenvalue weighted by molar-refractivity contribution is 7.91.